The van der Waals surface area contributed by atoms with Crippen LogP contribution < -0.4 is 5.32 Å². The van der Waals surface area contributed by atoms with Crippen molar-refractivity contribution in [1.82, 2.24) is 4.98 Å². The number of aryl methyl sites for hydroxylation is 1. The number of anilines is 2. The van der Waals surface area contributed by atoms with Crippen LogP contribution in [0.1, 0.15) is 23.6 Å². The molecule has 0 amide bonds. The Morgan fingerprint density at radius 1 is 0.733 bits per heavy atom. The maximum absolute atomic E-state index is 3.61. The number of para-hydroxylation sites is 2. The zero-order chi connectivity index (χ0) is 20.3. The molecule has 0 aliphatic carbocycles. The van der Waals surface area contributed by atoms with Gasteiger partial charge in [-0.3, -0.25) is 0 Å². The molecule has 0 aliphatic rings. The SMILES string of the molecule is CCc1ccc2[nH]c3c(/C=C/c4ccc(Nc5ccccc5)cc4)cccc3c2c1. The number of aromatic nitrogens is 1. The van der Waals surface area contributed by atoms with Gasteiger partial charge in [0.2, 0.25) is 0 Å². The summed E-state index contributed by atoms with van der Waals surface area (Å²) >= 11 is 0. The minimum absolute atomic E-state index is 1.05. The second-order valence-electron chi connectivity index (χ2n) is 7.57. The summed E-state index contributed by atoms with van der Waals surface area (Å²) < 4.78 is 0. The molecule has 0 saturated heterocycles. The minimum Gasteiger partial charge on any atom is -0.356 e. The van der Waals surface area contributed by atoms with Gasteiger partial charge < -0.3 is 10.3 Å². The van der Waals surface area contributed by atoms with E-state index in [2.05, 4.69) is 102 Å². The lowest BCUT2D eigenvalue weighted by Crippen LogP contribution is -1.89. The van der Waals surface area contributed by atoms with Gasteiger partial charge in [-0.1, -0.05) is 73.7 Å². The normalized spacial score (nSPS) is 11.5. The van der Waals surface area contributed by atoms with E-state index in [1.807, 2.05) is 18.2 Å². The van der Waals surface area contributed by atoms with E-state index < -0.39 is 0 Å². The van der Waals surface area contributed by atoms with Gasteiger partial charge in [0.15, 0.2) is 0 Å². The van der Waals surface area contributed by atoms with Crippen molar-refractivity contribution < 1.29 is 0 Å². The Hall–Kier alpha value is -3.78. The van der Waals surface area contributed by atoms with Crippen molar-refractivity contribution in [2.24, 2.45) is 0 Å². The lowest BCUT2D eigenvalue weighted by Gasteiger charge is -2.06. The predicted molar refractivity (Wildman–Crippen MR) is 130 cm³/mol. The molecule has 0 saturated carbocycles. The van der Waals surface area contributed by atoms with E-state index in [4.69, 9.17) is 0 Å². The summed E-state index contributed by atoms with van der Waals surface area (Å²) in [4.78, 5) is 3.61. The summed E-state index contributed by atoms with van der Waals surface area (Å²) in [5.41, 5.74) is 8.32. The molecule has 0 spiro atoms. The van der Waals surface area contributed by atoms with E-state index in [0.29, 0.717) is 0 Å². The Morgan fingerprint density at radius 2 is 1.53 bits per heavy atom. The first-order valence-corrected chi connectivity index (χ1v) is 10.4. The van der Waals surface area contributed by atoms with E-state index in [1.54, 1.807) is 0 Å². The number of hydrogen-bond donors (Lipinski definition) is 2. The van der Waals surface area contributed by atoms with E-state index in [1.165, 1.54) is 38.5 Å². The zero-order valence-electron chi connectivity index (χ0n) is 17.0. The van der Waals surface area contributed by atoms with E-state index in [0.717, 1.165) is 17.8 Å². The van der Waals surface area contributed by atoms with Gasteiger partial charge >= 0.3 is 0 Å². The Balaban J connectivity index is 1.42. The Morgan fingerprint density at radius 3 is 2.33 bits per heavy atom. The van der Waals surface area contributed by atoms with Gasteiger partial charge in [-0.15, -0.1) is 0 Å². The van der Waals surface area contributed by atoms with Gasteiger partial charge in [0.05, 0.1) is 5.52 Å². The number of benzene rings is 4. The van der Waals surface area contributed by atoms with Crippen molar-refractivity contribution in [1.29, 1.82) is 0 Å². The fraction of sp³-hybridized carbons (Fsp3) is 0.0714. The van der Waals surface area contributed by atoms with Crippen LogP contribution in [0.2, 0.25) is 0 Å². The van der Waals surface area contributed by atoms with Crippen LogP contribution in [0, 0.1) is 0 Å². The maximum atomic E-state index is 3.61. The van der Waals surface area contributed by atoms with Crippen LogP contribution in [-0.4, -0.2) is 4.98 Å². The molecule has 2 N–H and O–H groups in total. The third-order valence-electron chi connectivity index (χ3n) is 5.57. The number of aromatic amines is 1. The number of hydrogen-bond acceptors (Lipinski definition) is 1. The highest BCUT2D eigenvalue weighted by Crippen LogP contribution is 2.29. The molecule has 1 aromatic heterocycles. The van der Waals surface area contributed by atoms with Crippen LogP contribution in [0.5, 0.6) is 0 Å². The zero-order valence-corrected chi connectivity index (χ0v) is 17.0. The first kappa shape index (κ1) is 18.3. The molecule has 0 radical (unpaired) electrons. The molecule has 146 valence electrons. The highest BCUT2D eigenvalue weighted by atomic mass is 14.9. The van der Waals surface area contributed by atoms with Gasteiger partial charge in [0.1, 0.15) is 0 Å². The summed E-state index contributed by atoms with van der Waals surface area (Å²) in [5, 5.41) is 6.01. The van der Waals surface area contributed by atoms with Crippen molar-refractivity contribution in [2.75, 3.05) is 5.32 Å². The molecule has 2 heteroatoms. The third kappa shape index (κ3) is 3.60. The van der Waals surface area contributed by atoms with Crippen LogP contribution in [-0.2, 0) is 6.42 Å². The van der Waals surface area contributed by atoms with Crippen LogP contribution >= 0.6 is 0 Å². The highest BCUT2D eigenvalue weighted by Gasteiger charge is 2.07. The second kappa shape index (κ2) is 7.92. The molecule has 0 unspecified atom stereocenters. The predicted octanol–water partition coefficient (Wildman–Crippen LogP) is 7.80. The van der Waals surface area contributed by atoms with Crippen molar-refractivity contribution in [3.05, 3.63) is 108 Å². The highest BCUT2D eigenvalue weighted by molar-refractivity contribution is 6.10. The van der Waals surface area contributed by atoms with Crippen LogP contribution in [0.15, 0.2) is 91.0 Å². The van der Waals surface area contributed by atoms with Crippen molar-refractivity contribution >= 4 is 45.3 Å². The quantitative estimate of drug-likeness (QED) is 0.295. The Bertz CT molecular complexity index is 1330. The second-order valence-corrected chi connectivity index (χ2v) is 7.57. The van der Waals surface area contributed by atoms with E-state index >= 15 is 0 Å². The Labute approximate surface area is 176 Å². The minimum atomic E-state index is 1.05. The van der Waals surface area contributed by atoms with Crippen molar-refractivity contribution in [2.45, 2.75) is 13.3 Å². The number of fused-ring (bicyclic) bond motifs is 3. The first-order valence-electron chi connectivity index (χ1n) is 10.4. The first-order chi connectivity index (χ1) is 14.8. The third-order valence-corrected chi connectivity index (χ3v) is 5.57. The average molecular weight is 389 g/mol. The molecule has 30 heavy (non-hydrogen) atoms. The van der Waals surface area contributed by atoms with E-state index in [-0.39, 0.29) is 0 Å². The van der Waals surface area contributed by atoms with Crippen LogP contribution in [0.4, 0.5) is 11.4 Å². The smallest absolute Gasteiger partial charge is 0.0538 e. The van der Waals surface area contributed by atoms with Crippen molar-refractivity contribution in [3.63, 3.8) is 0 Å². The molecule has 4 aromatic carbocycles. The Kier molecular flexibility index (Phi) is 4.82. The van der Waals surface area contributed by atoms with Gasteiger partial charge in [-0.25, -0.2) is 0 Å². The summed E-state index contributed by atoms with van der Waals surface area (Å²) in [6.07, 6.45) is 5.42. The molecular formula is C28H24N2. The largest absolute Gasteiger partial charge is 0.356 e. The fourth-order valence-electron chi connectivity index (χ4n) is 3.90. The summed E-state index contributed by atoms with van der Waals surface area (Å²) in [6, 6.07) is 32.0. The molecule has 5 aromatic rings. The number of rotatable bonds is 5. The molecule has 0 fully saturated rings. The molecule has 5 rings (SSSR count). The molecule has 0 atom stereocenters. The monoisotopic (exact) mass is 388 g/mol. The topological polar surface area (TPSA) is 27.8 Å². The lowest BCUT2D eigenvalue weighted by atomic mass is 10.1. The van der Waals surface area contributed by atoms with Crippen LogP contribution in [0.3, 0.4) is 0 Å². The molecule has 0 aliphatic heterocycles. The summed E-state index contributed by atoms with van der Waals surface area (Å²) in [7, 11) is 0. The van der Waals surface area contributed by atoms with Gasteiger partial charge in [-0.2, -0.15) is 0 Å². The maximum Gasteiger partial charge on any atom is 0.0538 e. The average Bonchev–Trinajstić information content (AvgIpc) is 3.18. The molecule has 1 heterocycles. The number of nitrogens with one attached hydrogen (secondary N) is 2. The standard InChI is InChI=1S/C28H24N2/c1-2-20-14-18-27-26(19-20)25-10-6-7-22(28(25)30-27)15-11-21-12-16-24(17-13-21)29-23-8-4-3-5-9-23/h3-19,29-30H,2H2,1H3/b15-11+. The molecular weight excluding hydrogens is 364 g/mol. The lowest BCUT2D eigenvalue weighted by molar-refractivity contribution is 1.15. The van der Waals surface area contributed by atoms with Gasteiger partial charge in [0.25, 0.3) is 0 Å². The fourth-order valence-corrected chi connectivity index (χ4v) is 3.90. The van der Waals surface area contributed by atoms with E-state index in [9.17, 15) is 0 Å². The van der Waals surface area contributed by atoms with Crippen LogP contribution in [0.25, 0.3) is 34.0 Å². The van der Waals surface area contributed by atoms with Gasteiger partial charge in [0, 0.05) is 27.7 Å². The molecule has 0 bridgehead atoms. The summed E-state index contributed by atoms with van der Waals surface area (Å²) in [5.74, 6) is 0. The summed E-state index contributed by atoms with van der Waals surface area (Å²) in [6.45, 7) is 2.20. The number of H-pyrrole nitrogens is 1. The molecule has 2 nitrogen and oxygen atoms in total. The van der Waals surface area contributed by atoms with Gasteiger partial charge in [-0.05, 0) is 59.5 Å². The van der Waals surface area contributed by atoms with Crippen molar-refractivity contribution in [3.8, 4) is 0 Å².